The van der Waals surface area contributed by atoms with Gasteiger partial charge in [-0.15, -0.1) is 9.05 Å². The number of aromatic amines is 1. The van der Waals surface area contributed by atoms with Gasteiger partial charge >= 0.3 is 8.25 Å². The molecule has 2 N–H and O–H groups in total. The van der Waals surface area contributed by atoms with Crippen molar-refractivity contribution < 1.29 is 23.5 Å². The van der Waals surface area contributed by atoms with Crippen molar-refractivity contribution in [2.24, 2.45) is 0 Å². The molecule has 5 heterocycles. The Bertz CT molecular complexity index is 1730. The smallest absolute Gasteiger partial charge is 0.385 e. The van der Waals surface area contributed by atoms with E-state index in [0.29, 0.717) is 27.9 Å². The number of aromatic nitrogens is 5. The minimum atomic E-state index is -2.37. The highest BCUT2D eigenvalue weighted by Crippen LogP contribution is 2.44. The van der Waals surface area contributed by atoms with E-state index in [0.717, 1.165) is 5.56 Å². The number of imidazole rings is 2. The Labute approximate surface area is 214 Å². The van der Waals surface area contributed by atoms with Crippen LogP contribution in [-0.2, 0) is 18.3 Å². The van der Waals surface area contributed by atoms with Crippen LogP contribution in [0.5, 0.6) is 0 Å². The summed E-state index contributed by atoms with van der Waals surface area (Å²) in [7, 11) is -2.37. The Balaban J connectivity index is 1.45. The van der Waals surface area contributed by atoms with Crippen LogP contribution in [0.1, 0.15) is 6.23 Å². The lowest BCUT2D eigenvalue weighted by atomic mass is 10.1. The predicted octanol–water partition coefficient (Wildman–Crippen LogP) is 3.69. The van der Waals surface area contributed by atoms with Gasteiger partial charge in [0.25, 0.3) is 5.56 Å². The number of rotatable bonds is 3. The molecule has 0 spiro atoms. The van der Waals surface area contributed by atoms with Gasteiger partial charge in [0.1, 0.15) is 24.6 Å². The maximum Gasteiger partial charge on any atom is 0.697 e. The summed E-state index contributed by atoms with van der Waals surface area (Å²) < 4.78 is 31.3. The van der Waals surface area contributed by atoms with Crippen molar-refractivity contribution in [1.29, 1.82) is 0 Å². The fourth-order valence-electron chi connectivity index (χ4n) is 4.80. The van der Waals surface area contributed by atoms with Crippen LogP contribution in [0.25, 0.3) is 39.6 Å². The number of nitrogens with zero attached hydrogens (tertiary/aromatic N) is 4. The average Bonchev–Trinajstić information content (AvgIpc) is 3.59. The Morgan fingerprint density at radius 2 is 1.86 bits per heavy atom. The molecule has 2 aliphatic rings. The van der Waals surface area contributed by atoms with Gasteiger partial charge in [0, 0.05) is 21.3 Å². The molecule has 3 aromatic heterocycles. The molecule has 186 valence electrons. The number of aliphatic hydroxyl groups excluding tert-OH is 1. The van der Waals surface area contributed by atoms with Crippen LogP contribution in [-0.4, -0.2) is 53.9 Å². The summed E-state index contributed by atoms with van der Waals surface area (Å²) in [6.07, 6.45) is -2.12. The Morgan fingerprint density at radius 3 is 2.65 bits per heavy atom. The SMILES string of the molecule is O=c1c2nc(-c3ccc(Cl)cc3)n([C@@H]3OC4CO[P+](=O)O[C@H]4[C@@H]3O)c2nc2[nH]c(-c3ccccc3)cn12. The average molecular weight is 539 g/mol. The number of halogens is 1. The molecule has 0 radical (unpaired) electrons. The van der Waals surface area contributed by atoms with E-state index in [4.69, 9.17) is 30.4 Å². The summed E-state index contributed by atoms with van der Waals surface area (Å²) in [6.45, 7) is -0.00622. The van der Waals surface area contributed by atoms with Gasteiger partial charge in [0.05, 0.1) is 5.69 Å². The summed E-state index contributed by atoms with van der Waals surface area (Å²) in [4.78, 5) is 26.2. The predicted molar refractivity (Wildman–Crippen MR) is 133 cm³/mol. The van der Waals surface area contributed by atoms with Gasteiger partial charge in [-0.05, 0) is 29.8 Å². The molecule has 13 heteroatoms. The van der Waals surface area contributed by atoms with Gasteiger partial charge < -0.3 is 14.8 Å². The van der Waals surface area contributed by atoms with Crippen molar-refractivity contribution in [2.45, 2.75) is 24.5 Å². The molecule has 0 bridgehead atoms. The second-order valence-corrected chi connectivity index (χ2v) is 10.1. The van der Waals surface area contributed by atoms with Gasteiger partial charge in [-0.25, -0.2) is 9.38 Å². The lowest BCUT2D eigenvalue weighted by Crippen LogP contribution is -2.37. The minimum Gasteiger partial charge on any atom is -0.385 e. The van der Waals surface area contributed by atoms with Crippen molar-refractivity contribution in [3.05, 3.63) is 76.2 Å². The summed E-state index contributed by atoms with van der Waals surface area (Å²) >= 11 is 6.09. The van der Waals surface area contributed by atoms with Crippen molar-refractivity contribution in [2.75, 3.05) is 6.61 Å². The normalized spacial score (nSPS) is 24.6. The van der Waals surface area contributed by atoms with Gasteiger partial charge in [-0.3, -0.25) is 9.36 Å². The first kappa shape index (κ1) is 22.7. The molecule has 0 saturated carbocycles. The van der Waals surface area contributed by atoms with Crippen LogP contribution < -0.4 is 5.56 Å². The third-order valence-electron chi connectivity index (χ3n) is 6.56. The van der Waals surface area contributed by atoms with Gasteiger partial charge in [0.2, 0.25) is 5.78 Å². The summed E-state index contributed by atoms with van der Waals surface area (Å²) in [5, 5.41) is 11.7. The Hall–Kier alpha value is -3.44. The number of fused-ring (bicyclic) bond motifs is 3. The van der Waals surface area contributed by atoms with Crippen LogP contribution in [0.2, 0.25) is 5.02 Å². The maximum atomic E-state index is 13.6. The van der Waals surface area contributed by atoms with E-state index in [1.807, 2.05) is 30.3 Å². The molecule has 0 amide bonds. The highest BCUT2D eigenvalue weighted by molar-refractivity contribution is 7.33. The molecule has 5 aromatic rings. The third-order valence-corrected chi connectivity index (χ3v) is 7.58. The van der Waals surface area contributed by atoms with Crippen LogP contribution in [0.15, 0.2) is 65.6 Å². The van der Waals surface area contributed by atoms with Crippen LogP contribution in [0, 0.1) is 0 Å². The van der Waals surface area contributed by atoms with Crippen LogP contribution >= 0.6 is 19.9 Å². The molecule has 7 rings (SSSR count). The summed E-state index contributed by atoms with van der Waals surface area (Å²) in [6, 6.07) is 16.5. The van der Waals surface area contributed by atoms with Gasteiger partial charge in [-0.2, -0.15) is 4.98 Å². The van der Waals surface area contributed by atoms with E-state index in [1.165, 1.54) is 4.40 Å². The fraction of sp³-hybridized carbons (Fsp3) is 0.208. The second kappa shape index (κ2) is 8.56. The summed E-state index contributed by atoms with van der Waals surface area (Å²) in [5.41, 5.74) is 2.15. The quantitative estimate of drug-likeness (QED) is 0.332. The number of H-pyrrole nitrogens is 1. The maximum absolute atomic E-state index is 13.6. The number of nitrogens with one attached hydrogen (secondary N) is 1. The van der Waals surface area contributed by atoms with Crippen molar-refractivity contribution in [1.82, 2.24) is 23.9 Å². The zero-order valence-electron chi connectivity index (χ0n) is 18.9. The van der Waals surface area contributed by atoms with Gasteiger partial charge in [-0.1, -0.05) is 41.9 Å². The molecule has 5 atom stereocenters. The van der Waals surface area contributed by atoms with E-state index >= 15 is 0 Å². The van der Waals surface area contributed by atoms with E-state index in [1.54, 1.807) is 35.0 Å². The number of benzene rings is 2. The van der Waals surface area contributed by atoms with E-state index in [2.05, 4.69) is 9.97 Å². The molecule has 2 aromatic carbocycles. The zero-order chi connectivity index (χ0) is 25.3. The monoisotopic (exact) mass is 538 g/mol. The first-order valence-electron chi connectivity index (χ1n) is 11.4. The lowest BCUT2D eigenvalue weighted by Gasteiger charge is -2.19. The third kappa shape index (κ3) is 3.63. The molecule has 0 aliphatic carbocycles. The largest absolute Gasteiger partial charge is 0.697 e. The molecule has 2 saturated heterocycles. The zero-order valence-corrected chi connectivity index (χ0v) is 20.5. The minimum absolute atomic E-state index is 0.00622. The van der Waals surface area contributed by atoms with Crippen molar-refractivity contribution in [3.63, 3.8) is 0 Å². The molecular weight excluding hydrogens is 521 g/mol. The first-order valence-corrected chi connectivity index (χ1v) is 12.9. The van der Waals surface area contributed by atoms with Crippen molar-refractivity contribution >= 4 is 36.8 Å². The molecule has 2 unspecified atom stereocenters. The molecule has 2 fully saturated rings. The second-order valence-electron chi connectivity index (χ2n) is 8.77. The van der Waals surface area contributed by atoms with Gasteiger partial charge in [0.15, 0.2) is 23.5 Å². The number of hydrogen-bond acceptors (Lipinski definition) is 8. The standard InChI is InChI=1S/C24H17ClN5O6P/c25-14-8-6-13(7-9-14)20-27-17-21(30(20)23-18(31)19-16(35-23)11-34-37(33)36-19)28-24-26-15(10-29(24)22(17)32)12-4-2-1-3-5-12/h1-10,16,18-19,23,31H,11H2/p+1/t16?,18-,19+,23+/m0/s1. The highest BCUT2D eigenvalue weighted by atomic mass is 35.5. The fourth-order valence-corrected chi connectivity index (χ4v) is 5.71. The Morgan fingerprint density at radius 1 is 1.08 bits per heavy atom. The van der Waals surface area contributed by atoms with E-state index < -0.39 is 32.8 Å². The highest BCUT2D eigenvalue weighted by Gasteiger charge is 2.55. The number of hydrogen-bond donors (Lipinski definition) is 2. The topological polar surface area (TPSA) is 133 Å². The van der Waals surface area contributed by atoms with Crippen LogP contribution in [0.3, 0.4) is 0 Å². The Kier molecular flexibility index (Phi) is 5.26. The molecule has 37 heavy (non-hydrogen) atoms. The van der Waals surface area contributed by atoms with Crippen LogP contribution in [0.4, 0.5) is 0 Å². The molecular formula is C24H18ClN5O6P+. The number of ether oxygens (including phenoxy) is 1. The van der Waals surface area contributed by atoms with E-state index in [-0.39, 0.29) is 23.3 Å². The molecule has 11 nitrogen and oxygen atoms in total. The summed E-state index contributed by atoms with van der Waals surface area (Å²) in [5.74, 6) is 0.647. The van der Waals surface area contributed by atoms with Crippen molar-refractivity contribution in [3.8, 4) is 22.6 Å². The lowest BCUT2D eigenvalue weighted by molar-refractivity contribution is -0.0546. The number of aliphatic hydroxyl groups is 1. The van der Waals surface area contributed by atoms with E-state index in [9.17, 15) is 14.5 Å². The molecule has 2 aliphatic heterocycles. The first-order chi connectivity index (χ1) is 18.0.